The fourth-order valence-electron chi connectivity index (χ4n) is 4.13. The minimum absolute atomic E-state index is 0.0846. The van der Waals surface area contributed by atoms with Crippen molar-refractivity contribution in [2.75, 3.05) is 13.2 Å². The number of ketones is 2. The molecule has 0 radical (unpaired) electrons. The molecule has 0 aromatic carbocycles. The molecule has 0 bridgehead atoms. The van der Waals surface area contributed by atoms with Crippen LogP contribution >= 0.6 is 0 Å². The maximum Gasteiger partial charge on any atom is 0.192 e. The van der Waals surface area contributed by atoms with E-state index in [0.717, 1.165) is 0 Å². The first kappa shape index (κ1) is 30.1. The van der Waals surface area contributed by atoms with Gasteiger partial charge in [-0.1, -0.05) is 46.8 Å². The third kappa shape index (κ3) is 7.05. The highest BCUT2D eigenvalue weighted by molar-refractivity contribution is 6.74. The van der Waals surface area contributed by atoms with Gasteiger partial charge in [-0.25, -0.2) is 0 Å². The fourth-order valence-corrected chi connectivity index (χ4v) is 5.51. The minimum Gasteiger partial charge on any atom is -0.410 e. The molecule has 1 saturated heterocycles. The minimum atomic E-state index is -2.39. The van der Waals surface area contributed by atoms with E-state index in [1.54, 1.807) is 6.92 Å². The summed E-state index contributed by atoms with van der Waals surface area (Å²) in [5.41, 5.74) is -0.804. The van der Waals surface area contributed by atoms with Gasteiger partial charge in [-0.15, -0.1) is 0 Å². The Hall–Kier alpha value is -0.903. The Bertz CT molecular complexity index is 699. The molecule has 3 N–H and O–H groups in total. The molecule has 7 nitrogen and oxygen atoms in total. The van der Waals surface area contributed by atoms with Gasteiger partial charge in [0.2, 0.25) is 0 Å². The summed E-state index contributed by atoms with van der Waals surface area (Å²) in [5, 5.41) is 30.7. The first-order valence-corrected chi connectivity index (χ1v) is 15.0. The number of rotatable bonds is 14. The first-order valence-electron chi connectivity index (χ1n) is 12.0. The van der Waals surface area contributed by atoms with Gasteiger partial charge >= 0.3 is 0 Å². The Morgan fingerprint density at radius 1 is 1.18 bits per heavy atom. The highest BCUT2D eigenvalue weighted by atomic mass is 28.4. The van der Waals surface area contributed by atoms with Crippen molar-refractivity contribution in [3.63, 3.8) is 0 Å². The van der Waals surface area contributed by atoms with E-state index >= 15 is 0 Å². The number of carbonyl (C=O) groups excluding carboxylic acids is 2. The number of Topliss-reactive ketones (excluding diaryl/α,β-unsaturated/α-hetero) is 2. The average molecular weight is 487 g/mol. The number of aliphatic hydroxyl groups excluding tert-OH is 3. The largest absolute Gasteiger partial charge is 0.410 e. The van der Waals surface area contributed by atoms with Crippen molar-refractivity contribution in [2.45, 2.75) is 103 Å². The molecule has 0 spiro atoms. The molecule has 1 aliphatic heterocycles. The highest BCUT2D eigenvalue weighted by Gasteiger charge is 2.64. The van der Waals surface area contributed by atoms with Crippen molar-refractivity contribution >= 4 is 19.9 Å². The summed E-state index contributed by atoms with van der Waals surface area (Å²) in [6, 6.07) is 0. The number of epoxide rings is 1. The van der Waals surface area contributed by atoms with Crippen LogP contribution in [0.5, 0.6) is 0 Å². The van der Waals surface area contributed by atoms with E-state index in [0.29, 0.717) is 0 Å². The van der Waals surface area contributed by atoms with Crippen LogP contribution in [0.1, 0.15) is 61.3 Å². The van der Waals surface area contributed by atoms with Gasteiger partial charge in [-0.2, -0.15) is 0 Å². The lowest BCUT2D eigenvalue weighted by molar-refractivity contribution is -0.140. The number of carbonyl (C=O) groups is 2. The average Bonchev–Trinajstić information content (AvgIpc) is 3.40. The SMILES string of the molecule is C/C=C\[C@H](C)[C@H]1OC1(C)[C@@H](O[Si](C)(C)C(C)(C)C)[C@@H](CO)C(=O)[C@@H](CO)[C@@H](O)CC(=O)CC. The van der Waals surface area contributed by atoms with E-state index in [1.807, 2.05) is 32.9 Å². The fraction of sp³-hybridized carbons (Fsp3) is 0.840. The second kappa shape index (κ2) is 11.7. The summed E-state index contributed by atoms with van der Waals surface area (Å²) in [7, 11) is -2.39. The van der Waals surface area contributed by atoms with Crippen LogP contribution in [0.25, 0.3) is 0 Å². The molecule has 192 valence electrons. The highest BCUT2D eigenvalue weighted by Crippen LogP contribution is 2.50. The molecule has 1 heterocycles. The molecule has 0 amide bonds. The molecule has 33 heavy (non-hydrogen) atoms. The Morgan fingerprint density at radius 2 is 1.73 bits per heavy atom. The summed E-state index contributed by atoms with van der Waals surface area (Å²) in [4.78, 5) is 25.4. The van der Waals surface area contributed by atoms with Crippen molar-refractivity contribution in [3.8, 4) is 0 Å². The molecule has 1 rings (SSSR count). The molecule has 0 aromatic rings. The normalized spacial score (nSPS) is 26.0. The molecule has 1 fully saturated rings. The van der Waals surface area contributed by atoms with Gasteiger partial charge in [0.1, 0.15) is 17.2 Å². The monoisotopic (exact) mass is 486 g/mol. The van der Waals surface area contributed by atoms with Gasteiger partial charge in [0.15, 0.2) is 8.32 Å². The second-order valence-corrected chi connectivity index (χ2v) is 15.8. The van der Waals surface area contributed by atoms with Crippen molar-refractivity contribution in [1.29, 1.82) is 0 Å². The smallest absolute Gasteiger partial charge is 0.192 e. The van der Waals surface area contributed by atoms with Crippen molar-refractivity contribution in [2.24, 2.45) is 17.8 Å². The molecule has 0 aliphatic carbocycles. The predicted octanol–water partition coefficient (Wildman–Crippen LogP) is 3.26. The zero-order chi connectivity index (χ0) is 25.8. The molecular weight excluding hydrogens is 440 g/mol. The third-order valence-corrected chi connectivity index (χ3v) is 11.9. The topological polar surface area (TPSA) is 117 Å². The van der Waals surface area contributed by atoms with Crippen LogP contribution in [0, 0.1) is 17.8 Å². The summed E-state index contributed by atoms with van der Waals surface area (Å²) < 4.78 is 12.8. The Labute approximate surface area is 200 Å². The Morgan fingerprint density at radius 3 is 2.15 bits per heavy atom. The predicted molar refractivity (Wildman–Crippen MR) is 131 cm³/mol. The molecule has 1 unspecified atom stereocenters. The van der Waals surface area contributed by atoms with Gasteiger partial charge in [0, 0.05) is 18.8 Å². The van der Waals surface area contributed by atoms with Crippen LogP contribution in [0.15, 0.2) is 12.2 Å². The molecule has 1 aliphatic rings. The summed E-state index contributed by atoms with van der Waals surface area (Å²) >= 11 is 0. The number of allylic oxidation sites excluding steroid dienone is 1. The zero-order valence-electron chi connectivity index (χ0n) is 21.9. The van der Waals surface area contributed by atoms with E-state index in [1.165, 1.54) is 0 Å². The standard InChI is InChI=1S/C25H46O7Si/c1-10-12-16(3)22-25(7,31-22)23(32-33(8,9)24(4,5)6)19(15-27)21(30)18(14-26)20(29)13-17(28)11-2/h10,12,16,18-20,22-23,26-27,29H,11,13-15H2,1-9H3/b12-10-/t16-,18-,19-,20-,22+,23-,25?/m0/s1. The lowest BCUT2D eigenvalue weighted by Gasteiger charge is -2.43. The van der Waals surface area contributed by atoms with E-state index in [2.05, 4.69) is 33.9 Å². The van der Waals surface area contributed by atoms with Crippen LogP contribution in [0.2, 0.25) is 18.1 Å². The van der Waals surface area contributed by atoms with Crippen LogP contribution in [-0.4, -0.2) is 72.3 Å². The van der Waals surface area contributed by atoms with Crippen molar-refractivity contribution in [1.82, 2.24) is 0 Å². The van der Waals surface area contributed by atoms with Gasteiger partial charge in [-0.3, -0.25) is 9.59 Å². The van der Waals surface area contributed by atoms with E-state index in [4.69, 9.17) is 9.16 Å². The lowest BCUT2D eigenvalue weighted by Crippen LogP contribution is -2.55. The zero-order valence-corrected chi connectivity index (χ0v) is 22.9. The molecule has 0 saturated carbocycles. The summed E-state index contributed by atoms with van der Waals surface area (Å²) in [6.45, 7) is 16.9. The van der Waals surface area contributed by atoms with Gasteiger partial charge in [0.25, 0.3) is 0 Å². The third-order valence-electron chi connectivity index (χ3n) is 7.44. The quantitative estimate of drug-likeness (QED) is 0.196. The number of hydrogen-bond donors (Lipinski definition) is 3. The van der Waals surface area contributed by atoms with Gasteiger partial charge in [-0.05, 0) is 32.0 Å². The molecule has 0 aromatic heterocycles. The Kier molecular flexibility index (Phi) is 10.7. The maximum absolute atomic E-state index is 13.5. The van der Waals surface area contributed by atoms with Crippen LogP contribution < -0.4 is 0 Å². The maximum atomic E-state index is 13.5. The lowest BCUT2D eigenvalue weighted by atomic mass is 9.79. The first-order chi connectivity index (χ1) is 15.1. The van der Waals surface area contributed by atoms with Gasteiger partial charge < -0.3 is 24.5 Å². The summed E-state index contributed by atoms with van der Waals surface area (Å²) in [5.74, 6) is -2.80. The number of hydrogen-bond acceptors (Lipinski definition) is 7. The molecule has 7 atom stereocenters. The number of aliphatic hydroxyl groups is 3. The Balaban J connectivity index is 3.36. The van der Waals surface area contributed by atoms with Crippen LogP contribution in [0.3, 0.4) is 0 Å². The van der Waals surface area contributed by atoms with Gasteiger partial charge in [0.05, 0.1) is 43.4 Å². The van der Waals surface area contributed by atoms with Crippen LogP contribution in [-0.2, 0) is 18.8 Å². The molecular formula is C25H46O7Si. The van der Waals surface area contributed by atoms with E-state index in [9.17, 15) is 24.9 Å². The second-order valence-electron chi connectivity index (χ2n) is 11.1. The van der Waals surface area contributed by atoms with E-state index in [-0.39, 0.29) is 35.7 Å². The van der Waals surface area contributed by atoms with Crippen molar-refractivity contribution in [3.05, 3.63) is 12.2 Å². The molecule has 8 heteroatoms. The van der Waals surface area contributed by atoms with Crippen LogP contribution in [0.4, 0.5) is 0 Å². The summed E-state index contributed by atoms with van der Waals surface area (Å²) in [6.07, 6.45) is 1.75. The number of ether oxygens (including phenoxy) is 1. The van der Waals surface area contributed by atoms with Crippen molar-refractivity contribution < 1.29 is 34.1 Å². The van der Waals surface area contributed by atoms with E-state index < -0.39 is 57.0 Å².